The van der Waals surface area contributed by atoms with Gasteiger partial charge in [0.25, 0.3) is 0 Å². The molecule has 1 amide bonds. The zero-order valence-electron chi connectivity index (χ0n) is 10.1. The molecule has 0 unspecified atom stereocenters. The lowest BCUT2D eigenvalue weighted by molar-refractivity contribution is -0.115. The summed E-state index contributed by atoms with van der Waals surface area (Å²) in [5.74, 6) is 0.00889. The van der Waals surface area contributed by atoms with E-state index in [1.165, 1.54) is 0 Å². The molecule has 1 aromatic heterocycles. The molecule has 17 heavy (non-hydrogen) atoms. The van der Waals surface area contributed by atoms with Crippen molar-refractivity contribution in [3.8, 4) is 0 Å². The Morgan fingerprint density at radius 1 is 1.29 bits per heavy atom. The van der Waals surface area contributed by atoms with E-state index >= 15 is 0 Å². The molecule has 0 saturated heterocycles. The summed E-state index contributed by atoms with van der Waals surface area (Å²) in [5, 5.41) is 2.89. The van der Waals surface area contributed by atoms with Crippen LogP contribution in [0.25, 0.3) is 0 Å². The molecule has 2 aromatic rings. The van der Waals surface area contributed by atoms with Crippen LogP contribution in [0.15, 0.2) is 36.5 Å². The van der Waals surface area contributed by atoms with Crippen molar-refractivity contribution in [2.45, 2.75) is 20.3 Å². The molecular formula is C14H16N2O. The van der Waals surface area contributed by atoms with Crippen molar-refractivity contribution in [3.05, 3.63) is 53.3 Å². The first-order valence-corrected chi connectivity index (χ1v) is 5.64. The Kier molecular flexibility index (Phi) is 3.28. The van der Waals surface area contributed by atoms with Gasteiger partial charge in [-0.1, -0.05) is 12.1 Å². The zero-order chi connectivity index (χ0) is 12.3. The van der Waals surface area contributed by atoms with E-state index in [1.54, 1.807) is 0 Å². The number of anilines is 1. The van der Waals surface area contributed by atoms with Crippen LogP contribution in [0.1, 0.15) is 16.8 Å². The van der Waals surface area contributed by atoms with Crippen molar-refractivity contribution >= 4 is 11.6 Å². The van der Waals surface area contributed by atoms with Gasteiger partial charge in [0.05, 0.1) is 6.42 Å². The van der Waals surface area contributed by atoms with E-state index < -0.39 is 0 Å². The van der Waals surface area contributed by atoms with Gasteiger partial charge in [0.1, 0.15) is 0 Å². The molecule has 2 rings (SSSR count). The number of nitrogens with one attached hydrogen (secondary N) is 2. The smallest absolute Gasteiger partial charge is 0.228 e. The molecular weight excluding hydrogens is 212 g/mol. The molecule has 0 bridgehead atoms. The average Bonchev–Trinajstić information content (AvgIpc) is 2.63. The lowest BCUT2D eigenvalue weighted by Crippen LogP contribution is -2.13. The number of H-pyrrole nitrogens is 1. The Morgan fingerprint density at radius 2 is 2.12 bits per heavy atom. The maximum Gasteiger partial charge on any atom is 0.228 e. The number of hydrogen-bond acceptors (Lipinski definition) is 1. The summed E-state index contributed by atoms with van der Waals surface area (Å²) in [5.41, 5.74) is 4.07. The molecule has 0 saturated carbocycles. The topological polar surface area (TPSA) is 44.9 Å². The van der Waals surface area contributed by atoms with Crippen molar-refractivity contribution in [1.82, 2.24) is 4.98 Å². The van der Waals surface area contributed by atoms with Crippen molar-refractivity contribution in [2.24, 2.45) is 0 Å². The van der Waals surface area contributed by atoms with Gasteiger partial charge in [0, 0.05) is 17.6 Å². The number of aryl methyl sites for hydroxylation is 2. The first kappa shape index (κ1) is 11.5. The minimum absolute atomic E-state index is 0.00889. The maximum atomic E-state index is 11.8. The van der Waals surface area contributed by atoms with Crippen molar-refractivity contribution in [3.63, 3.8) is 0 Å². The Balaban J connectivity index is 1.98. The minimum Gasteiger partial charge on any atom is -0.365 e. The highest BCUT2D eigenvalue weighted by Crippen LogP contribution is 2.10. The highest BCUT2D eigenvalue weighted by atomic mass is 16.1. The second-order valence-corrected chi connectivity index (χ2v) is 4.29. The highest BCUT2D eigenvalue weighted by molar-refractivity contribution is 5.92. The first-order chi connectivity index (χ1) is 8.13. The molecule has 0 aliphatic rings. The predicted molar refractivity (Wildman–Crippen MR) is 69.0 cm³/mol. The normalized spacial score (nSPS) is 10.2. The fourth-order valence-electron chi connectivity index (χ4n) is 1.78. The second kappa shape index (κ2) is 4.87. The van der Waals surface area contributed by atoms with E-state index in [2.05, 4.69) is 10.3 Å². The molecule has 0 radical (unpaired) electrons. The SMILES string of the molecule is Cc1cccc(NC(=O)Cc2c[nH]c(C)c2)c1. The van der Waals surface area contributed by atoms with Gasteiger partial charge in [0.2, 0.25) is 5.91 Å². The number of carbonyl (C=O) groups is 1. The Hall–Kier alpha value is -2.03. The molecule has 88 valence electrons. The first-order valence-electron chi connectivity index (χ1n) is 5.64. The molecule has 0 aliphatic heterocycles. The second-order valence-electron chi connectivity index (χ2n) is 4.29. The van der Waals surface area contributed by atoms with Crippen LogP contribution in [-0.4, -0.2) is 10.9 Å². The maximum absolute atomic E-state index is 11.8. The fraction of sp³-hybridized carbons (Fsp3) is 0.214. The number of amides is 1. The lowest BCUT2D eigenvalue weighted by Gasteiger charge is -2.04. The molecule has 0 aliphatic carbocycles. The van der Waals surface area contributed by atoms with Gasteiger partial charge in [-0.05, 0) is 43.2 Å². The summed E-state index contributed by atoms with van der Waals surface area (Å²) in [6.45, 7) is 3.98. The number of aromatic amines is 1. The molecule has 1 aromatic carbocycles. The summed E-state index contributed by atoms with van der Waals surface area (Å²) < 4.78 is 0. The highest BCUT2D eigenvalue weighted by Gasteiger charge is 2.05. The quantitative estimate of drug-likeness (QED) is 0.833. The third-order valence-corrected chi connectivity index (χ3v) is 2.55. The largest absolute Gasteiger partial charge is 0.365 e. The van der Waals surface area contributed by atoms with E-state index in [0.717, 1.165) is 22.5 Å². The van der Waals surface area contributed by atoms with E-state index in [9.17, 15) is 4.79 Å². The summed E-state index contributed by atoms with van der Waals surface area (Å²) in [7, 11) is 0. The molecule has 0 atom stereocenters. The summed E-state index contributed by atoms with van der Waals surface area (Å²) >= 11 is 0. The monoisotopic (exact) mass is 228 g/mol. The van der Waals surface area contributed by atoms with Gasteiger partial charge < -0.3 is 10.3 Å². The van der Waals surface area contributed by atoms with Gasteiger partial charge in [-0.2, -0.15) is 0 Å². The van der Waals surface area contributed by atoms with Crippen molar-refractivity contribution < 1.29 is 4.79 Å². The number of benzene rings is 1. The van der Waals surface area contributed by atoms with Crippen LogP contribution in [0.2, 0.25) is 0 Å². The van der Waals surface area contributed by atoms with E-state index in [-0.39, 0.29) is 5.91 Å². The minimum atomic E-state index is 0.00889. The number of rotatable bonds is 3. The van der Waals surface area contributed by atoms with Crippen LogP contribution in [0, 0.1) is 13.8 Å². The Bertz CT molecular complexity index is 529. The van der Waals surface area contributed by atoms with Crippen LogP contribution in [0.3, 0.4) is 0 Å². The molecule has 3 nitrogen and oxygen atoms in total. The number of hydrogen-bond donors (Lipinski definition) is 2. The Morgan fingerprint density at radius 3 is 2.76 bits per heavy atom. The van der Waals surface area contributed by atoms with Gasteiger partial charge >= 0.3 is 0 Å². The Labute approximate surface area is 101 Å². The zero-order valence-corrected chi connectivity index (χ0v) is 10.1. The van der Waals surface area contributed by atoms with E-state index in [4.69, 9.17) is 0 Å². The third kappa shape index (κ3) is 3.21. The van der Waals surface area contributed by atoms with Gasteiger partial charge in [-0.25, -0.2) is 0 Å². The molecule has 0 spiro atoms. The van der Waals surface area contributed by atoms with Gasteiger partial charge in [-0.3, -0.25) is 4.79 Å². The van der Waals surface area contributed by atoms with Crippen LogP contribution in [-0.2, 0) is 11.2 Å². The summed E-state index contributed by atoms with van der Waals surface area (Å²) in [6.07, 6.45) is 2.27. The third-order valence-electron chi connectivity index (χ3n) is 2.55. The van der Waals surface area contributed by atoms with Crippen LogP contribution in [0.5, 0.6) is 0 Å². The average molecular weight is 228 g/mol. The predicted octanol–water partition coefficient (Wildman–Crippen LogP) is 2.81. The molecule has 1 heterocycles. The van der Waals surface area contributed by atoms with E-state index in [0.29, 0.717) is 6.42 Å². The van der Waals surface area contributed by atoms with Crippen molar-refractivity contribution in [1.29, 1.82) is 0 Å². The molecule has 2 N–H and O–H groups in total. The van der Waals surface area contributed by atoms with Crippen molar-refractivity contribution in [2.75, 3.05) is 5.32 Å². The van der Waals surface area contributed by atoms with Crippen LogP contribution in [0.4, 0.5) is 5.69 Å². The van der Waals surface area contributed by atoms with Crippen LogP contribution < -0.4 is 5.32 Å². The standard InChI is InChI=1S/C14H16N2O/c1-10-4-3-5-13(6-10)16-14(17)8-12-7-11(2)15-9-12/h3-7,9,15H,8H2,1-2H3,(H,16,17). The number of carbonyl (C=O) groups excluding carboxylic acids is 1. The van der Waals surface area contributed by atoms with Crippen LogP contribution >= 0.6 is 0 Å². The molecule has 0 fully saturated rings. The number of aromatic nitrogens is 1. The summed E-state index contributed by atoms with van der Waals surface area (Å²) in [6, 6.07) is 9.78. The van der Waals surface area contributed by atoms with E-state index in [1.807, 2.05) is 50.4 Å². The fourth-order valence-corrected chi connectivity index (χ4v) is 1.78. The van der Waals surface area contributed by atoms with Gasteiger partial charge in [0.15, 0.2) is 0 Å². The molecule has 3 heteroatoms. The van der Waals surface area contributed by atoms with Gasteiger partial charge in [-0.15, -0.1) is 0 Å². The lowest BCUT2D eigenvalue weighted by atomic mass is 10.2. The summed E-state index contributed by atoms with van der Waals surface area (Å²) in [4.78, 5) is 14.8.